The van der Waals surface area contributed by atoms with E-state index in [-0.39, 0.29) is 12.5 Å². The molecule has 1 aromatic heterocycles. The highest BCUT2D eigenvalue weighted by Gasteiger charge is 2.19. The molecule has 0 N–H and O–H groups in total. The Morgan fingerprint density at radius 2 is 1.83 bits per heavy atom. The molecular formula is C22H23ClN2O5. The van der Waals surface area contributed by atoms with Crippen molar-refractivity contribution in [3.63, 3.8) is 0 Å². The van der Waals surface area contributed by atoms with E-state index in [1.807, 2.05) is 12.1 Å². The topological polar surface area (TPSA) is 74.0 Å². The summed E-state index contributed by atoms with van der Waals surface area (Å²) in [5.74, 6) is 1.67. The Labute approximate surface area is 180 Å². The molecule has 0 aliphatic heterocycles. The second-order valence-electron chi connectivity index (χ2n) is 6.48. The van der Waals surface area contributed by atoms with Crippen LogP contribution in [0.25, 0.3) is 11.3 Å². The maximum Gasteiger partial charge on any atom is 0.254 e. The van der Waals surface area contributed by atoms with Crippen molar-refractivity contribution in [2.45, 2.75) is 6.54 Å². The number of ether oxygens (including phenoxy) is 3. The summed E-state index contributed by atoms with van der Waals surface area (Å²) in [6.07, 6.45) is 0. The number of methoxy groups -OCH3 is 3. The lowest BCUT2D eigenvalue weighted by molar-refractivity contribution is 0.0676. The van der Waals surface area contributed by atoms with E-state index in [9.17, 15) is 4.79 Å². The lowest BCUT2D eigenvalue weighted by atomic mass is 10.1. The molecule has 0 saturated carbocycles. The molecule has 3 rings (SSSR count). The fourth-order valence-corrected chi connectivity index (χ4v) is 3.07. The number of hydrogen-bond donors (Lipinski definition) is 0. The summed E-state index contributed by atoms with van der Waals surface area (Å²) in [7, 11) is 4.76. The molecule has 0 atom stereocenters. The molecule has 2 aromatic carbocycles. The third-order valence-electron chi connectivity index (χ3n) is 4.53. The van der Waals surface area contributed by atoms with Crippen molar-refractivity contribution in [2.24, 2.45) is 0 Å². The molecule has 0 unspecified atom stereocenters. The summed E-state index contributed by atoms with van der Waals surface area (Å²) in [6.45, 7) is 1.08. The minimum Gasteiger partial charge on any atom is -0.497 e. The van der Waals surface area contributed by atoms with Crippen LogP contribution in [0.2, 0.25) is 5.02 Å². The fourth-order valence-electron chi connectivity index (χ4n) is 2.94. The first-order valence-electron chi connectivity index (χ1n) is 9.27. The Morgan fingerprint density at radius 3 is 2.50 bits per heavy atom. The molecule has 0 spiro atoms. The summed E-state index contributed by atoms with van der Waals surface area (Å²) >= 11 is 5.93. The van der Waals surface area contributed by atoms with Crippen LogP contribution in [-0.2, 0) is 11.3 Å². The van der Waals surface area contributed by atoms with Gasteiger partial charge < -0.3 is 23.6 Å². The number of carbonyl (C=O) groups is 1. The van der Waals surface area contributed by atoms with Crippen LogP contribution < -0.4 is 9.47 Å². The fraction of sp³-hybridized carbons (Fsp3) is 0.273. The Bertz CT molecular complexity index is 987. The van der Waals surface area contributed by atoms with Gasteiger partial charge in [0.2, 0.25) is 0 Å². The third kappa shape index (κ3) is 5.11. The van der Waals surface area contributed by atoms with E-state index in [2.05, 4.69) is 5.16 Å². The number of halogens is 1. The van der Waals surface area contributed by atoms with Crippen molar-refractivity contribution in [3.05, 3.63) is 64.8 Å². The van der Waals surface area contributed by atoms with E-state index >= 15 is 0 Å². The van der Waals surface area contributed by atoms with Crippen LogP contribution >= 0.6 is 11.6 Å². The number of rotatable bonds is 9. The SMILES string of the molecule is COCCN(Cc1cc(-c2ccc(OC)cc2OC)on1)C(=O)c1ccc(Cl)cc1. The van der Waals surface area contributed by atoms with Crippen molar-refractivity contribution in [3.8, 4) is 22.8 Å². The largest absolute Gasteiger partial charge is 0.497 e. The summed E-state index contributed by atoms with van der Waals surface area (Å²) < 4.78 is 21.3. The maximum absolute atomic E-state index is 12.9. The molecule has 0 aliphatic rings. The van der Waals surface area contributed by atoms with E-state index < -0.39 is 0 Å². The molecule has 0 saturated heterocycles. The normalized spacial score (nSPS) is 10.7. The van der Waals surface area contributed by atoms with E-state index in [4.69, 9.17) is 30.3 Å². The van der Waals surface area contributed by atoms with Gasteiger partial charge in [0, 0.05) is 36.4 Å². The standard InChI is InChI=1S/C22H23ClN2O5/c1-27-11-10-25(22(26)15-4-6-16(23)7-5-15)14-17-12-21(30-24-17)19-9-8-18(28-2)13-20(19)29-3/h4-9,12-13H,10-11,14H2,1-3H3. The maximum atomic E-state index is 12.9. The van der Waals surface area contributed by atoms with Gasteiger partial charge in [0.05, 0.1) is 32.9 Å². The van der Waals surface area contributed by atoms with Crippen molar-refractivity contribution in [1.29, 1.82) is 0 Å². The highest BCUT2D eigenvalue weighted by Crippen LogP contribution is 2.33. The number of benzene rings is 2. The van der Waals surface area contributed by atoms with E-state index in [1.165, 1.54) is 0 Å². The molecule has 3 aromatic rings. The van der Waals surface area contributed by atoms with Crippen molar-refractivity contribution in [1.82, 2.24) is 10.1 Å². The average molecular weight is 431 g/mol. The summed E-state index contributed by atoms with van der Waals surface area (Å²) in [4.78, 5) is 14.6. The molecule has 0 fully saturated rings. The van der Waals surface area contributed by atoms with Crippen molar-refractivity contribution in [2.75, 3.05) is 34.5 Å². The molecule has 0 radical (unpaired) electrons. The lowest BCUT2D eigenvalue weighted by Gasteiger charge is -2.21. The highest BCUT2D eigenvalue weighted by atomic mass is 35.5. The van der Waals surface area contributed by atoms with Gasteiger partial charge in [0.1, 0.15) is 17.2 Å². The van der Waals surface area contributed by atoms with Crippen LogP contribution in [0, 0.1) is 0 Å². The summed E-state index contributed by atoms with van der Waals surface area (Å²) in [5, 5.41) is 4.70. The number of hydrogen-bond acceptors (Lipinski definition) is 6. The molecule has 158 valence electrons. The minimum atomic E-state index is -0.143. The van der Waals surface area contributed by atoms with Crippen LogP contribution in [0.5, 0.6) is 11.5 Å². The number of nitrogens with zero attached hydrogens (tertiary/aromatic N) is 2. The summed E-state index contributed by atoms with van der Waals surface area (Å²) in [5.41, 5.74) is 1.89. The van der Waals surface area contributed by atoms with Crippen molar-refractivity contribution >= 4 is 17.5 Å². The van der Waals surface area contributed by atoms with Gasteiger partial charge in [-0.2, -0.15) is 0 Å². The molecule has 0 bridgehead atoms. The van der Waals surface area contributed by atoms with Gasteiger partial charge in [0.15, 0.2) is 5.76 Å². The van der Waals surface area contributed by atoms with Crippen LogP contribution in [0.3, 0.4) is 0 Å². The van der Waals surface area contributed by atoms with Gasteiger partial charge in [-0.05, 0) is 36.4 Å². The van der Waals surface area contributed by atoms with Crippen LogP contribution in [0.15, 0.2) is 53.1 Å². The molecule has 0 aliphatic carbocycles. The van der Waals surface area contributed by atoms with E-state index in [0.29, 0.717) is 46.7 Å². The Hall–Kier alpha value is -3.03. The Kier molecular flexibility index (Phi) is 7.32. The predicted octanol–water partition coefficient (Wildman–Crippen LogP) is 4.30. The smallest absolute Gasteiger partial charge is 0.254 e. The lowest BCUT2D eigenvalue weighted by Crippen LogP contribution is -2.33. The first-order chi connectivity index (χ1) is 14.5. The average Bonchev–Trinajstić information content (AvgIpc) is 3.24. The monoisotopic (exact) mass is 430 g/mol. The first-order valence-corrected chi connectivity index (χ1v) is 9.65. The second kappa shape index (κ2) is 10.1. The van der Waals surface area contributed by atoms with Gasteiger partial charge >= 0.3 is 0 Å². The number of amides is 1. The molecular weight excluding hydrogens is 408 g/mol. The zero-order valence-corrected chi connectivity index (χ0v) is 17.8. The Morgan fingerprint density at radius 1 is 1.07 bits per heavy atom. The van der Waals surface area contributed by atoms with Crippen LogP contribution in [0.1, 0.15) is 16.1 Å². The van der Waals surface area contributed by atoms with Gasteiger partial charge in [-0.15, -0.1) is 0 Å². The van der Waals surface area contributed by atoms with Crippen LogP contribution in [0.4, 0.5) is 0 Å². The van der Waals surface area contributed by atoms with Crippen molar-refractivity contribution < 1.29 is 23.5 Å². The molecule has 7 nitrogen and oxygen atoms in total. The van der Waals surface area contributed by atoms with Gasteiger partial charge in [-0.3, -0.25) is 4.79 Å². The highest BCUT2D eigenvalue weighted by molar-refractivity contribution is 6.30. The first kappa shape index (κ1) is 21.7. The molecule has 1 heterocycles. The number of carbonyl (C=O) groups excluding carboxylic acids is 1. The quantitative estimate of drug-likeness (QED) is 0.504. The van der Waals surface area contributed by atoms with Crippen LogP contribution in [-0.4, -0.2) is 50.4 Å². The Balaban J connectivity index is 1.82. The van der Waals surface area contributed by atoms with E-state index in [0.717, 1.165) is 5.56 Å². The predicted molar refractivity (Wildman–Crippen MR) is 113 cm³/mol. The van der Waals surface area contributed by atoms with Gasteiger partial charge in [0.25, 0.3) is 5.91 Å². The zero-order chi connectivity index (χ0) is 21.5. The summed E-state index contributed by atoms with van der Waals surface area (Å²) in [6, 6.07) is 14.0. The zero-order valence-electron chi connectivity index (χ0n) is 17.1. The molecule has 1 amide bonds. The molecule has 8 heteroatoms. The van der Waals surface area contributed by atoms with Gasteiger partial charge in [-0.25, -0.2) is 0 Å². The third-order valence-corrected chi connectivity index (χ3v) is 4.78. The number of aromatic nitrogens is 1. The second-order valence-corrected chi connectivity index (χ2v) is 6.91. The molecule has 30 heavy (non-hydrogen) atoms. The minimum absolute atomic E-state index is 0.143. The van der Waals surface area contributed by atoms with E-state index in [1.54, 1.807) is 62.6 Å². The van der Waals surface area contributed by atoms with Gasteiger partial charge in [-0.1, -0.05) is 16.8 Å².